The lowest BCUT2D eigenvalue weighted by Crippen LogP contribution is -2.36. The summed E-state index contributed by atoms with van der Waals surface area (Å²) in [5, 5.41) is 8.88. The van der Waals surface area contributed by atoms with Gasteiger partial charge in [0.1, 0.15) is 0 Å². The van der Waals surface area contributed by atoms with Crippen LogP contribution in [0.2, 0.25) is 0 Å². The molecule has 0 atom stereocenters. The standard InChI is InChI=1S/C16H23NO2/c1-17(11-12-18)16(19)15-9-7-14(8-10-15)13-5-3-2-4-6-13/h2-6,14-15,18H,7-12H2,1H3. The van der Waals surface area contributed by atoms with Crippen molar-refractivity contribution < 1.29 is 9.90 Å². The Balaban J connectivity index is 1.87. The van der Waals surface area contributed by atoms with Gasteiger partial charge in [-0.2, -0.15) is 0 Å². The number of carbonyl (C=O) groups is 1. The van der Waals surface area contributed by atoms with Crippen LogP contribution in [0, 0.1) is 5.92 Å². The molecule has 1 aromatic carbocycles. The summed E-state index contributed by atoms with van der Waals surface area (Å²) in [6.07, 6.45) is 4.11. The maximum atomic E-state index is 12.1. The van der Waals surface area contributed by atoms with E-state index in [2.05, 4.69) is 24.3 Å². The van der Waals surface area contributed by atoms with E-state index in [0.29, 0.717) is 12.5 Å². The van der Waals surface area contributed by atoms with Gasteiger partial charge in [0.25, 0.3) is 0 Å². The molecule has 1 amide bonds. The fraction of sp³-hybridized carbons (Fsp3) is 0.562. The van der Waals surface area contributed by atoms with Crippen LogP contribution in [0.15, 0.2) is 30.3 Å². The third-order valence-electron chi connectivity index (χ3n) is 4.16. The third kappa shape index (κ3) is 3.57. The summed E-state index contributed by atoms with van der Waals surface area (Å²) in [6, 6.07) is 10.6. The van der Waals surface area contributed by atoms with E-state index < -0.39 is 0 Å². The lowest BCUT2D eigenvalue weighted by molar-refractivity contribution is -0.135. The van der Waals surface area contributed by atoms with Crippen molar-refractivity contribution in [3.8, 4) is 0 Å². The van der Waals surface area contributed by atoms with Gasteiger partial charge in [0.2, 0.25) is 5.91 Å². The molecule has 19 heavy (non-hydrogen) atoms. The Bertz CT molecular complexity index is 396. The number of benzene rings is 1. The minimum atomic E-state index is 0.0433. The molecule has 1 fully saturated rings. The second kappa shape index (κ2) is 6.71. The first kappa shape index (κ1) is 14.1. The van der Waals surface area contributed by atoms with Crippen molar-refractivity contribution in [3.63, 3.8) is 0 Å². The van der Waals surface area contributed by atoms with Gasteiger partial charge in [0, 0.05) is 19.5 Å². The maximum Gasteiger partial charge on any atom is 0.225 e. The first-order chi connectivity index (χ1) is 9.22. The summed E-state index contributed by atoms with van der Waals surface area (Å²) in [7, 11) is 1.78. The molecule has 1 aliphatic rings. The fourth-order valence-corrected chi connectivity index (χ4v) is 2.97. The number of rotatable bonds is 4. The largest absolute Gasteiger partial charge is 0.395 e. The van der Waals surface area contributed by atoms with Crippen LogP contribution >= 0.6 is 0 Å². The smallest absolute Gasteiger partial charge is 0.225 e. The summed E-state index contributed by atoms with van der Waals surface area (Å²) in [5.41, 5.74) is 1.40. The van der Waals surface area contributed by atoms with E-state index in [1.54, 1.807) is 11.9 Å². The molecule has 1 aliphatic carbocycles. The minimum absolute atomic E-state index is 0.0433. The quantitative estimate of drug-likeness (QED) is 0.904. The zero-order chi connectivity index (χ0) is 13.7. The van der Waals surface area contributed by atoms with Crippen LogP contribution in [0.25, 0.3) is 0 Å². The molecule has 0 unspecified atom stereocenters. The van der Waals surface area contributed by atoms with Crippen LogP contribution < -0.4 is 0 Å². The molecule has 1 aromatic rings. The molecule has 0 aliphatic heterocycles. The molecule has 3 heteroatoms. The van der Waals surface area contributed by atoms with Crippen molar-refractivity contribution in [1.82, 2.24) is 4.90 Å². The number of hydrogen-bond donors (Lipinski definition) is 1. The molecule has 0 aromatic heterocycles. The van der Waals surface area contributed by atoms with Gasteiger partial charge in [-0.25, -0.2) is 0 Å². The van der Waals surface area contributed by atoms with E-state index in [0.717, 1.165) is 25.7 Å². The topological polar surface area (TPSA) is 40.5 Å². The van der Waals surface area contributed by atoms with E-state index in [9.17, 15) is 4.79 Å². The van der Waals surface area contributed by atoms with E-state index in [-0.39, 0.29) is 18.4 Å². The summed E-state index contributed by atoms with van der Waals surface area (Å²) in [4.78, 5) is 13.8. The Kier molecular flexibility index (Phi) is 4.97. The Morgan fingerprint density at radius 3 is 2.42 bits per heavy atom. The Hall–Kier alpha value is -1.35. The van der Waals surface area contributed by atoms with Crippen molar-refractivity contribution in [2.45, 2.75) is 31.6 Å². The molecule has 0 heterocycles. The third-order valence-corrected chi connectivity index (χ3v) is 4.16. The van der Waals surface area contributed by atoms with Crippen molar-refractivity contribution in [2.24, 2.45) is 5.92 Å². The van der Waals surface area contributed by atoms with Crippen molar-refractivity contribution >= 4 is 5.91 Å². The number of aliphatic hydroxyl groups excluding tert-OH is 1. The number of likely N-dealkylation sites (N-methyl/N-ethyl adjacent to an activating group) is 1. The van der Waals surface area contributed by atoms with Crippen LogP contribution in [-0.2, 0) is 4.79 Å². The molecule has 104 valence electrons. The highest BCUT2D eigenvalue weighted by Crippen LogP contribution is 2.36. The van der Waals surface area contributed by atoms with Gasteiger partial charge < -0.3 is 10.0 Å². The van der Waals surface area contributed by atoms with Crippen LogP contribution in [0.1, 0.15) is 37.2 Å². The Morgan fingerprint density at radius 1 is 1.21 bits per heavy atom. The predicted octanol–water partition coefficient (Wildman–Crippen LogP) is 2.41. The maximum absolute atomic E-state index is 12.1. The highest BCUT2D eigenvalue weighted by molar-refractivity contribution is 5.78. The average Bonchev–Trinajstić information content (AvgIpc) is 2.48. The molecule has 0 radical (unpaired) electrons. The SMILES string of the molecule is CN(CCO)C(=O)C1CCC(c2ccccc2)CC1. The van der Waals surface area contributed by atoms with Crippen LogP contribution in [0.3, 0.4) is 0 Å². The average molecular weight is 261 g/mol. The van der Waals surface area contributed by atoms with Crippen molar-refractivity contribution in [2.75, 3.05) is 20.2 Å². The van der Waals surface area contributed by atoms with E-state index in [4.69, 9.17) is 5.11 Å². The lowest BCUT2D eigenvalue weighted by atomic mass is 9.78. The van der Waals surface area contributed by atoms with Gasteiger partial charge in [-0.05, 0) is 37.2 Å². The van der Waals surface area contributed by atoms with Crippen LogP contribution in [0.5, 0.6) is 0 Å². The molecule has 3 nitrogen and oxygen atoms in total. The number of carbonyl (C=O) groups excluding carboxylic acids is 1. The molecule has 1 saturated carbocycles. The zero-order valence-corrected chi connectivity index (χ0v) is 11.6. The van der Waals surface area contributed by atoms with E-state index in [1.807, 2.05) is 6.07 Å². The van der Waals surface area contributed by atoms with Gasteiger partial charge in [0.05, 0.1) is 6.61 Å². The number of hydrogen-bond acceptors (Lipinski definition) is 2. The number of amides is 1. The summed E-state index contributed by atoms with van der Waals surface area (Å²) >= 11 is 0. The summed E-state index contributed by atoms with van der Waals surface area (Å²) in [5.74, 6) is 0.950. The molecular weight excluding hydrogens is 238 g/mol. The predicted molar refractivity (Wildman–Crippen MR) is 75.9 cm³/mol. The molecular formula is C16H23NO2. The molecule has 2 rings (SSSR count). The van der Waals surface area contributed by atoms with Gasteiger partial charge in [-0.3, -0.25) is 4.79 Å². The molecule has 0 spiro atoms. The molecule has 0 bridgehead atoms. The second-order valence-corrected chi connectivity index (χ2v) is 5.44. The zero-order valence-electron chi connectivity index (χ0n) is 11.6. The van der Waals surface area contributed by atoms with Gasteiger partial charge >= 0.3 is 0 Å². The molecule has 1 N–H and O–H groups in total. The number of aliphatic hydroxyl groups is 1. The first-order valence-electron chi connectivity index (χ1n) is 7.13. The van der Waals surface area contributed by atoms with E-state index in [1.165, 1.54) is 5.56 Å². The minimum Gasteiger partial charge on any atom is -0.395 e. The second-order valence-electron chi connectivity index (χ2n) is 5.44. The highest BCUT2D eigenvalue weighted by atomic mass is 16.3. The first-order valence-corrected chi connectivity index (χ1v) is 7.13. The van der Waals surface area contributed by atoms with Crippen LogP contribution in [-0.4, -0.2) is 36.1 Å². The number of nitrogens with zero attached hydrogens (tertiary/aromatic N) is 1. The fourth-order valence-electron chi connectivity index (χ4n) is 2.97. The highest BCUT2D eigenvalue weighted by Gasteiger charge is 2.28. The van der Waals surface area contributed by atoms with Crippen molar-refractivity contribution in [3.05, 3.63) is 35.9 Å². The monoisotopic (exact) mass is 261 g/mol. The molecule has 0 saturated heterocycles. The van der Waals surface area contributed by atoms with Crippen molar-refractivity contribution in [1.29, 1.82) is 0 Å². The lowest BCUT2D eigenvalue weighted by Gasteiger charge is -2.30. The Morgan fingerprint density at radius 2 is 1.84 bits per heavy atom. The van der Waals surface area contributed by atoms with Crippen LogP contribution in [0.4, 0.5) is 0 Å². The normalized spacial score (nSPS) is 23.1. The summed E-state index contributed by atoms with van der Waals surface area (Å²) < 4.78 is 0. The van der Waals surface area contributed by atoms with Gasteiger partial charge in [-0.15, -0.1) is 0 Å². The summed E-state index contributed by atoms with van der Waals surface area (Å²) in [6.45, 7) is 0.485. The van der Waals surface area contributed by atoms with Gasteiger partial charge in [-0.1, -0.05) is 30.3 Å². The van der Waals surface area contributed by atoms with Gasteiger partial charge in [0.15, 0.2) is 0 Å². The Labute approximate surface area is 115 Å². The van der Waals surface area contributed by atoms with E-state index >= 15 is 0 Å².